The van der Waals surface area contributed by atoms with Crippen molar-refractivity contribution in [3.63, 3.8) is 0 Å². The fourth-order valence-electron chi connectivity index (χ4n) is 0.928. The van der Waals surface area contributed by atoms with E-state index in [1.807, 2.05) is 0 Å². The van der Waals surface area contributed by atoms with Crippen molar-refractivity contribution in [1.29, 1.82) is 0 Å². The summed E-state index contributed by atoms with van der Waals surface area (Å²) in [7, 11) is 0. The quantitative estimate of drug-likeness (QED) is 0.871. The fraction of sp³-hybridized carbons (Fsp3) is 0.300. The summed E-state index contributed by atoms with van der Waals surface area (Å²) in [5, 5.41) is 9.33. The predicted octanol–water partition coefficient (Wildman–Crippen LogP) is 2.32. The molecule has 1 N–H and O–H groups in total. The normalized spacial score (nSPS) is 10.1. The molecule has 1 aromatic rings. The monoisotopic (exact) mass is 248 g/mol. The van der Waals surface area contributed by atoms with Gasteiger partial charge in [0.25, 0.3) is 0 Å². The Bertz CT molecular complexity index is 353. The van der Waals surface area contributed by atoms with Crippen LogP contribution in [0.1, 0.15) is 6.42 Å². The third kappa shape index (κ3) is 4.08. The van der Waals surface area contributed by atoms with E-state index in [2.05, 4.69) is 0 Å². The molecule has 0 bridgehead atoms. The van der Waals surface area contributed by atoms with Crippen LogP contribution in [0.25, 0.3) is 0 Å². The average Bonchev–Trinajstić information content (AvgIpc) is 2.23. The maximum atomic E-state index is 10.7. The second-order valence-electron chi connectivity index (χ2n) is 2.87. The van der Waals surface area contributed by atoms with Gasteiger partial charge in [0.2, 0.25) is 0 Å². The molecule has 0 fully saturated rings. The molecule has 0 saturated carbocycles. The molecule has 0 atom stereocenters. The Morgan fingerprint density at radius 1 is 1.33 bits per heavy atom. The molecule has 0 aliphatic rings. The molecule has 1 rings (SSSR count). The number of Topliss-reactive ketones (excluding diaryl/α,β-unsaturated/α-hetero) is 1. The standard InChI is InChI=1S/C10H10Cl2O3/c11-9-2-1-8(5-10(9)12)15-4-3-7(14)6-13/h1-2,5,13H,3-4,6H2. The molecule has 5 heteroatoms. The summed E-state index contributed by atoms with van der Waals surface area (Å²) in [6, 6.07) is 4.86. The van der Waals surface area contributed by atoms with Crippen molar-refractivity contribution in [2.75, 3.05) is 13.2 Å². The van der Waals surface area contributed by atoms with Gasteiger partial charge in [-0.25, -0.2) is 0 Å². The summed E-state index contributed by atoms with van der Waals surface area (Å²) in [5.74, 6) is 0.296. The number of benzene rings is 1. The Hall–Kier alpha value is -0.770. The van der Waals surface area contributed by atoms with Crippen LogP contribution in [0, 0.1) is 0 Å². The lowest BCUT2D eigenvalue weighted by Gasteiger charge is -2.05. The summed E-state index contributed by atoms with van der Waals surface area (Å²) in [6.45, 7) is -0.234. The molecule has 0 aliphatic heterocycles. The molecule has 1 aromatic carbocycles. The minimum absolute atomic E-state index is 0.177. The minimum Gasteiger partial charge on any atom is -0.493 e. The van der Waals surface area contributed by atoms with E-state index >= 15 is 0 Å². The van der Waals surface area contributed by atoms with E-state index < -0.39 is 6.61 Å². The van der Waals surface area contributed by atoms with Gasteiger partial charge in [0.05, 0.1) is 16.7 Å². The zero-order valence-electron chi connectivity index (χ0n) is 7.87. The van der Waals surface area contributed by atoms with Crippen molar-refractivity contribution in [2.24, 2.45) is 0 Å². The molecular formula is C10H10Cl2O3. The van der Waals surface area contributed by atoms with Crippen molar-refractivity contribution in [3.8, 4) is 5.75 Å². The van der Waals surface area contributed by atoms with Gasteiger partial charge in [-0.2, -0.15) is 0 Å². The Balaban J connectivity index is 2.44. The molecule has 0 unspecified atom stereocenters. The summed E-state index contributed by atoms with van der Waals surface area (Å²) >= 11 is 11.5. The number of rotatable bonds is 5. The van der Waals surface area contributed by atoms with Crippen LogP contribution in [0.3, 0.4) is 0 Å². The number of hydrogen-bond acceptors (Lipinski definition) is 3. The number of carbonyl (C=O) groups is 1. The number of ether oxygens (including phenoxy) is 1. The molecule has 0 radical (unpaired) electrons. The van der Waals surface area contributed by atoms with Crippen molar-refractivity contribution in [1.82, 2.24) is 0 Å². The lowest BCUT2D eigenvalue weighted by molar-refractivity contribution is -0.122. The van der Waals surface area contributed by atoms with Crippen molar-refractivity contribution < 1.29 is 14.6 Å². The molecule has 0 spiro atoms. The Kier molecular flexibility index (Phi) is 4.88. The van der Waals surface area contributed by atoms with Gasteiger partial charge < -0.3 is 9.84 Å². The first-order valence-corrected chi connectivity index (χ1v) is 5.09. The van der Waals surface area contributed by atoms with Gasteiger partial charge >= 0.3 is 0 Å². The molecule has 3 nitrogen and oxygen atoms in total. The van der Waals surface area contributed by atoms with Gasteiger partial charge in [-0.1, -0.05) is 23.2 Å². The van der Waals surface area contributed by atoms with Gasteiger partial charge in [-0.15, -0.1) is 0 Å². The topological polar surface area (TPSA) is 46.5 Å². The highest BCUT2D eigenvalue weighted by Crippen LogP contribution is 2.26. The van der Waals surface area contributed by atoms with Gasteiger partial charge in [-0.05, 0) is 12.1 Å². The molecule has 0 aliphatic carbocycles. The minimum atomic E-state index is -0.454. The van der Waals surface area contributed by atoms with Crippen LogP contribution in [-0.2, 0) is 4.79 Å². The van der Waals surface area contributed by atoms with Crippen LogP contribution in [0.15, 0.2) is 18.2 Å². The first-order valence-electron chi connectivity index (χ1n) is 4.34. The SMILES string of the molecule is O=C(CO)CCOc1ccc(Cl)c(Cl)c1. The summed E-state index contributed by atoms with van der Waals surface area (Å²) < 4.78 is 5.24. The van der Waals surface area contributed by atoms with E-state index in [0.29, 0.717) is 15.8 Å². The summed E-state index contributed by atoms with van der Waals surface area (Å²) in [4.78, 5) is 10.7. The largest absolute Gasteiger partial charge is 0.493 e. The van der Waals surface area contributed by atoms with Gasteiger partial charge in [0, 0.05) is 12.5 Å². The van der Waals surface area contributed by atoms with E-state index in [4.69, 9.17) is 33.0 Å². The lowest BCUT2D eigenvalue weighted by atomic mass is 10.3. The first-order chi connectivity index (χ1) is 7.13. The smallest absolute Gasteiger partial charge is 0.161 e. The zero-order valence-corrected chi connectivity index (χ0v) is 9.38. The number of ketones is 1. The van der Waals surface area contributed by atoms with Gasteiger partial charge in [0.1, 0.15) is 12.4 Å². The molecular weight excluding hydrogens is 239 g/mol. The first kappa shape index (κ1) is 12.3. The van der Waals surface area contributed by atoms with Crippen LogP contribution in [0.2, 0.25) is 10.0 Å². The van der Waals surface area contributed by atoms with Crippen LogP contribution < -0.4 is 4.74 Å². The molecule has 0 heterocycles. The Morgan fingerprint density at radius 2 is 2.07 bits per heavy atom. The Morgan fingerprint density at radius 3 is 2.67 bits per heavy atom. The second kappa shape index (κ2) is 5.95. The second-order valence-corrected chi connectivity index (χ2v) is 3.69. The summed E-state index contributed by atoms with van der Waals surface area (Å²) in [5.41, 5.74) is 0. The van der Waals surface area contributed by atoms with Crippen LogP contribution in [0.4, 0.5) is 0 Å². The van der Waals surface area contributed by atoms with E-state index in [-0.39, 0.29) is 18.8 Å². The highest BCUT2D eigenvalue weighted by molar-refractivity contribution is 6.42. The number of hydrogen-bond donors (Lipinski definition) is 1. The highest BCUT2D eigenvalue weighted by atomic mass is 35.5. The fourth-order valence-corrected chi connectivity index (χ4v) is 1.22. The van der Waals surface area contributed by atoms with E-state index in [0.717, 1.165) is 0 Å². The predicted molar refractivity (Wildman–Crippen MR) is 58.7 cm³/mol. The van der Waals surface area contributed by atoms with E-state index in [1.54, 1.807) is 18.2 Å². The highest BCUT2D eigenvalue weighted by Gasteiger charge is 2.02. The van der Waals surface area contributed by atoms with Gasteiger partial charge in [-0.3, -0.25) is 4.79 Å². The van der Waals surface area contributed by atoms with Crippen molar-refractivity contribution >= 4 is 29.0 Å². The van der Waals surface area contributed by atoms with Crippen LogP contribution in [0.5, 0.6) is 5.75 Å². The van der Waals surface area contributed by atoms with E-state index in [1.165, 1.54) is 0 Å². The third-order valence-corrected chi connectivity index (χ3v) is 2.46. The summed E-state index contributed by atoms with van der Waals surface area (Å²) in [6.07, 6.45) is 0.177. The lowest BCUT2D eigenvalue weighted by Crippen LogP contribution is -2.09. The Labute approximate surface area is 97.6 Å². The molecule has 0 amide bonds. The maximum absolute atomic E-state index is 10.7. The number of aliphatic hydroxyl groups excluding tert-OH is 1. The number of halogens is 2. The molecule has 82 valence electrons. The van der Waals surface area contributed by atoms with Crippen molar-refractivity contribution in [3.05, 3.63) is 28.2 Å². The van der Waals surface area contributed by atoms with Gasteiger partial charge in [0.15, 0.2) is 5.78 Å². The number of carbonyl (C=O) groups excluding carboxylic acids is 1. The average molecular weight is 249 g/mol. The molecule has 15 heavy (non-hydrogen) atoms. The van der Waals surface area contributed by atoms with Crippen molar-refractivity contribution in [2.45, 2.75) is 6.42 Å². The molecule has 0 aromatic heterocycles. The van der Waals surface area contributed by atoms with E-state index in [9.17, 15) is 4.79 Å². The molecule has 0 saturated heterocycles. The zero-order chi connectivity index (χ0) is 11.3. The third-order valence-electron chi connectivity index (χ3n) is 1.72. The van der Waals surface area contributed by atoms with Crippen LogP contribution >= 0.6 is 23.2 Å². The maximum Gasteiger partial charge on any atom is 0.161 e. The van der Waals surface area contributed by atoms with Crippen LogP contribution in [-0.4, -0.2) is 24.1 Å². The number of aliphatic hydroxyl groups is 1.